The second-order valence-electron chi connectivity index (χ2n) is 3.57. The van der Waals surface area contributed by atoms with Crippen LogP contribution in [0.1, 0.15) is 5.69 Å². The fourth-order valence-corrected chi connectivity index (χ4v) is 1.92. The number of hydrazine groups is 1. The third-order valence-electron chi connectivity index (χ3n) is 2.33. The molecule has 18 heavy (non-hydrogen) atoms. The predicted octanol–water partition coefficient (Wildman–Crippen LogP) is 3.29. The lowest BCUT2D eigenvalue weighted by atomic mass is 10.2. The first kappa shape index (κ1) is 13.2. The fraction of sp³-hybridized carbons (Fsp3) is 0.0909. The molecular formula is C11H9BrClFN4. The van der Waals surface area contributed by atoms with E-state index in [9.17, 15) is 4.39 Å². The zero-order valence-electron chi connectivity index (χ0n) is 9.34. The number of benzene rings is 1. The van der Waals surface area contributed by atoms with Crippen molar-refractivity contribution < 1.29 is 4.39 Å². The van der Waals surface area contributed by atoms with Gasteiger partial charge in [-0.1, -0.05) is 11.6 Å². The first-order valence-corrected chi connectivity index (χ1v) is 6.16. The van der Waals surface area contributed by atoms with Crippen molar-refractivity contribution in [1.29, 1.82) is 0 Å². The van der Waals surface area contributed by atoms with Crippen molar-refractivity contribution in [3.63, 3.8) is 0 Å². The summed E-state index contributed by atoms with van der Waals surface area (Å²) in [5.74, 6) is 4.98. The average Bonchev–Trinajstić information content (AvgIpc) is 2.36. The van der Waals surface area contributed by atoms with Gasteiger partial charge in [0.25, 0.3) is 0 Å². The normalized spacial score (nSPS) is 10.5. The highest BCUT2D eigenvalue weighted by atomic mass is 79.9. The van der Waals surface area contributed by atoms with Crippen LogP contribution in [0, 0.1) is 12.7 Å². The Bertz CT molecular complexity index is 606. The maximum Gasteiger partial charge on any atom is 0.187 e. The highest BCUT2D eigenvalue weighted by molar-refractivity contribution is 9.10. The molecule has 1 heterocycles. The Hall–Kier alpha value is -1.24. The lowest BCUT2D eigenvalue weighted by Crippen LogP contribution is -2.13. The van der Waals surface area contributed by atoms with Gasteiger partial charge in [-0.25, -0.2) is 20.2 Å². The van der Waals surface area contributed by atoms with E-state index in [2.05, 4.69) is 31.3 Å². The van der Waals surface area contributed by atoms with Crippen molar-refractivity contribution in [1.82, 2.24) is 9.97 Å². The summed E-state index contributed by atoms with van der Waals surface area (Å²) in [7, 11) is 0. The second kappa shape index (κ2) is 5.17. The van der Waals surface area contributed by atoms with Crippen LogP contribution in [0.4, 0.5) is 10.2 Å². The quantitative estimate of drug-likeness (QED) is 0.655. The molecule has 1 aromatic heterocycles. The summed E-state index contributed by atoms with van der Waals surface area (Å²) in [6, 6.07) is 5.22. The van der Waals surface area contributed by atoms with Gasteiger partial charge in [0.1, 0.15) is 0 Å². The molecule has 0 saturated carbocycles. The molecule has 0 aliphatic carbocycles. The molecule has 0 radical (unpaired) electrons. The molecule has 0 spiro atoms. The van der Waals surface area contributed by atoms with Crippen LogP contribution in [0.3, 0.4) is 0 Å². The van der Waals surface area contributed by atoms with E-state index in [-0.39, 0.29) is 11.5 Å². The first-order valence-electron chi connectivity index (χ1n) is 4.99. The first-order chi connectivity index (χ1) is 8.52. The van der Waals surface area contributed by atoms with E-state index < -0.39 is 5.82 Å². The molecular weight excluding hydrogens is 323 g/mol. The number of aromatic nitrogens is 2. The number of rotatable bonds is 2. The van der Waals surface area contributed by atoms with E-state index in [1.807, 2.05) is 0 Å². The summed E-state index contributed by atoms with van der Waals surface area (Å²) in [4.78, 5) is 8.08. The molecule has 0 atom stereocenters. The van der Waals surface area contributed by atoms with Crippen LogP contribution < -0.4 is 11.3 Å². The molecule has 7 heteroatoms. The van der Waals surface area contributed by atoms with Gasteiger partial charge in [-0.15, -0.1) is 0 Å². The Labute approximate surface area is 116 Å². The van der Waals surface area contributed by atoms with E-state index in [1.54, 1.807) is 25.1 Å². The van der Waals surface area contributed by atoms with Gasteiger partial charge in [0, 0.05) is 10.0 Å². The average molecular weight is 332 g/mol. The van der Waals surface area contributed by atoms with Crippen molar-refractivity contribution >= 4 is 33.3 Å². The third-order valence-corrected chi connectivity index (χ3v) is 3.55. The van der Waals surface area contributed by atoms with E-state index >= 15 is 0 Å². The van der Waals surface area contributed by atoms with Gasteiger partial charge in [0.05, 0.1) is 10.7 Å². The van der Waals surface area contributed by atoms with E-state index in [0.29, 0.717) is 16.4 Å². The number of nitrogens with one attached hydrogen (secondary N) is 1. The number of aryl methyl sites for hydroxylation is 1. The van der Waals surface area contributed by atoms with Gasteiger partial charge in [-0.3, -0.25) is 0 Å². The smallest absolute Gasteiger partial charge is 0.187 e. The van der Waals surface area contributed by atoms with E-state index in [0.717, 1.165) is 4.47 Å². The largest absolute Gasteiger partial charge is 0.306 e. The molecule has 0 aliphatic rings. The van der Waals surface area contributed by atoms with E-state index in [4.69, 9.17) is 17.4 Å². The number of nitrogen functional groups attached to an aromatic ring is 1. The monoisotopic (exact) mass is 330 g/mol. The van der Waals surface area contributed by atoms with Crippen LogP contribution in [-0.2, 0) is 0 Å². The van der Waals surface area contributed by atoms with Gasteiger partial charge >= 0.3 is 0 Å². The van der Waals surface area contributed by atoms with Crippen molar-refractivity contribution in [3.05, 3.63) is 39.2 Å². The van der Waals surface area contributed by atoms with Crippen molar-refractivity contribution in [2.45, 2.75) is 6.92 Å². The molecule has 94 valence electrons. The van der Waals surface area contributed by atoms with Crippen LogP contribution in [0.2, 0.25) is 5.02 Å². The standard InChI is InChI=1S/C11H9BrClFN4/c1-5-9(14)11(18-15)17-10(16-5)6-2-3-8(13)7(12)4-6/h2-4H,15H2,1H3,(H,16,17,18). The summed E-state index contributed by atoms with van der Waals surface area (Å²) >= 11 is 9.21. The fourth-order valence-electron chi connectivity index (χ4n) is 1.42. The Morgan fingerprint density at radius 3 is 2.72 bits per heavy atom. The summed E-state index contributed by atoms with van der Waals surface area (Å²) in [6.45, 7) is 1.55. The SMILES string of the molecule is Cc1nc(-c2ccc(Cl)c(Br)c2)nc(NN)c1F. The molecule has 1 aromatic carbocycles. The molecule has 4 nitrogen and oxygen atoms in total. The molecule has 2 rings (SSSR count). The highest BCUT2D eigenvalue weighted by Gasteiger charge is 2.12. The van der Waals surface area contributed by atoms with Gasteiger partial charge in [0.15, 0.2) is 17.5 Å². The minimum atomic E-state index is -0.561. The molecule has 0 saturated heterocycles. The molecule has 0 aliphatic heterocycles. The summed E-state index contributed by atoms with van der Waals surface area (Å²) in [6.07, 6.45) is 0. The Kier molecular flexibility index (Phi) is 3.79. The maximum atomic E-state index is 13.5. The van der Waals surface area contributed by atoms with Gasteiger partial charge in [-0.05, 0) is 41.1 Å². The molecule has 0 bridgehead atoms. The number of nitrogens with zero attached hydrogens (tertiary/aromatic N) is 2. The Morgan fingerprint density at radius 1 is 1.39 bits per heavy atom. The Balaban J connectivity index is 2.57. The molecule has 2 aromatic rings. The molecule has 3 N–H and O–H groups in total. The summed E-state index contributed by atoms with van der Waals surface area (Å²) in [5, 5.41) is 0.578. The number of anilines is 1. The summed E-state index contributed by atoms with van der Waals surface area (Å²) < 4.78 is 14.3. The zero-order chi connectivity index (χ0) is 13.3. The van der Waals surface area contributed by atoms with Gasteiger partial charge in [-0.2, -0.15) is 0 Å². The van der Waals surface area contributed by atoms with Gasteiger partial charge in [0.2, 0.25) is 0 Å². The zero-order valence-corrected chi connectivity index (χ0v) is 11.7. The maximum absolute atomic E-state index is 13.5. The van der Waals surface area contributed by atoms with Crippen LogP contribution in [-0.4, -0.2) is 9.97 Å². The second-order valence-corrected chi connectivity index (χ2v) is 4.83. The van der Waals surface area contributed by atoms with Crippen molar-refractivity contribution in [2.24, 2.45) is 5.84 Å². The number of hydrogen-bond acceptors (Lipinski definition) is 4. The lowest BCUT2D eigenvalue weighted by molar-refractivity contribution is 0.606. The third kappa shape index (κ3) is 2.45. The highest BCUT2D eigenvalue weighted by Crippen LogP contribution is 2.28. The topological polar surface area (TPSA) is 63.8 Å². The van der Waals surface area contributed by atoms with Gasteiger partial charge < -0.3 is 5.43 Å². The molecule has 0 amide bonds. The minimum Gasteiger partial charge on any atom is -0.306 e. The molecule has 0 unspecified atom stereocenters. The van der Waals surface area contributed by atoms with Crippen LogP contribution >= 0.6 is 27.5 Å². The number of halogens is 3. The predicted molar refractivity (Wildman–Crippen MR) is 72.7 cm³/mol. The number of hydrogen-bond donors (Lipinski definition) is 2. The van der Waals surface area contributed by atoms with Crippen LogP contribution in [0.5, 0.6) is 0 Å². The van der Waals surface area contributed by atoms with Crippen molar-refractivity contribution in [2.75, 3.05) is 5.43 Å². The van der Waals surface area contributed by atoms with Crippen LogP contribution in [0.15, 0.2) is 22.7 Å². The van der Waals surface area contributed by atoms with Crippen molar-refractivity contribution in [3.8, 4) is 11.4 Å². The minimum absolute atomic E-state index is 0.0384. The Morgan fingerprint density at radius 2 is 2.11 bits per heavy atom. The number of nitrogens with two attached hydrogens (primary N) is 1. The summed E-state index contributed by atoms with van der Waals surface area (Å²) in [5.41, 5.74) is 3.14. The van der Waals surface area contributed by atoms with Crippen LogP contribution in [0.25, 0.3) is 11.4 Å². The lowest BCUT2D eigenvalue weighted by Gasteiger charge is -2.07. The molecule has 0 fully saturated rings. The van der Waals surface area contributed by atoms with E-state index in [1.165, 1.54) is 0 Å².